The summed E-state index contributed by atoms with van der Waals surface area (Å²) in [5, 5.41) is 0.821. The summed E-state index contributed by atoms with van der Waals surface area (Å²) in [5.41, 5.74) is 0.142. The van der Waals surface area contributed by atoms with Gasteiger partial charge in [-0.2, -0.15) is 8.42 Å². The van der Waals surface area contributed by atoms with Crippen LogP contribution in [-0.4, -0.2) is 24.9 Å². The minimum atomic E-state index is -3.95. The summed E-state index contributed by atoms with van der Waals surface area (Å²) in [5.74, 6) is 0.431. The van der Waals surface area contributed by atoms with Gasteiger partial charge >= 0.3 is 10.1 Å². The lowest BCUT2D eigenvalue weighted by atomic mass is 9.58. The second kappa shape index (κ2) is 6.03. The number of rotatable bonds is 4. The van der Waals surface area contributed by atoms with Gasteiger partial charge in [-0.05, 0) is 49.7 Å². The van der Waals surface area contributed by atoms with Crippen LogP contribution in [-0.2, 0) is 14.9 Å². The topological polar surface area (TPSA) is 73.3 Å². The molecule has 0 aliphatic heterocycles. The zero-order valence-corrected chi connectivity index (χ0v) is 16.8. The van der Waals surface area contributed by atoms with E-state index in [-0.39, 0.29) is 22.7 Å². The van der Waals surface area contributed by atoms with Gasteiger partial charge in [0.25, 0.3) is 0 Å². The maximum absolute atomic E-state index is 13.0. The van der Waals surface area contributed by atoms with Gasteiger partial charge in [0.15, 0.2) is 5.75 Å². The highest BCUT2D eigenvalue weighted by molar-refractivity contribution is 7.87. The Morgan fingerprint density at radius 1 is 1.19 bits per heavy atom. The predicted octanol–water partition coefficient (Wildman–Crippen LogP) is 4.04. The van der Waals surface area contributed by atoms with Crippen molar-refractivity contribution >= 4 is 26.8 Å². The van der Waals surface area contributed by atoms with Gasteiger partial charge in [0, 0.05) is 17.5 Å². The Labute approximate surface area is 160 Å². The predicted molar refractivity (Wildman–Crippen MR) is 104 cm³/mol. The number of hydrogen-bond acceptors (Lipinski definition) is 5. The van der Waals surface area contributed by atoms with Crippen molar-refractivity contribution in [2.45, 2.75) is 46.5 Å². The molecule has 4 rings (SSSR count). The molecule has 2 unspecified atom stereocenters. The van der Waals surface area contributed by atoms with Crippen molar-refractivity contribution in [1.29, 1.82) is 0 Å². The van der Waals surface area contributed by atoms with Crippen LogP contribution in [0.4, 0.5) is 0 Å². The van der Waals surface area contributed by atoms with Gasteiger partial charge in [0.2, 0.25) is 0 Å². The molecular weight excluding hydrogens is 362 g/mol. The third kappa shape index (κ3) is 2.85. The van der Waals surface area contributed by atoms with Gasteiger partial charge in [-0.15, -0.1) is 0 Å². The van der Waals surface area contributed by atoms with E-state index in [1.165, 1.54) is 0 Å². The highest BCUT2D eigenvalue weighted by Gasteiger charge is 2.62. The summed E-state index contributed by atoms with van der Waals surface area (Å²) in [6, 6.07) is 9.01. The van der Waals surface area contributed by atoms with Crippen LogP contribution in [0.15, 0.2) is 30.3 Å². The minimum Gasteiger partial charge on any atom is -0.380 e. The zero-order chi connectivity index (χ0) is 19.4. The van der Waals surface area contributed by atoms with E-state index in [1.807, 2.05) is 39.0 Å². The van der Waals surface area contributed by atoms with E-state index >= 15 is 0 Å². The van der Waals surface area contributed by atoms with Crippen molar-refractivity contribution < 1.29 is 17.4 Å². The molecule has 0 amide bonds. The average Bonchev–Trinajstić information content (AvgIpc) is 2.72. The third-order valence-electron chi connectivity index (χ3n) is 6.89. The summed E-state index contributed by atoms with van der Waals surface area (Å²) in [6.45, 7) is 5.94. The number of Topliss-reactive ketones (excluding diaryl/α,β-unsaturated/α-hetero) is 1. The molecule has 2 bridgehead atoms. The van der Waals surface area contributed by atoms with E-state index in [0.717, 1.165) is 23.9 Å². The van der Waals surface area contributed by atoms with Crippen molar-refractivity contribution in [3.63, 3.8) is 0 Å². The van der Waals surface area contributed by atoms with Crippen molar-refractivity contribution in [2.75, 3.05) is 5.75 Å². The van der Waals surface area contributed by atoms with E-state index in [0.29, 0.717) is 24.3 Å². The van der Waals surface area contributed by atoms with Gasteiger partial charge in [0.1, 0.15) is 11.3 Å². The number of aryl methyl sites for hydroxylation is 1. The fraction of sp³-hybridized carbons (Fsp3) is 0.524. The maximum Gasteiger partial charge on any atom is 0.310 e. The van der Waals surface area contributed by atoms with Crippen LogP contribution in [0.5, 0.6) is 5.75 Å². The number of para-hydroxylation sites is 1. The normalized spacial score (nSPS) is 27.1. The summed E-state index contributed by atoms with van der Waals surface area (Å²) in [4.78, 5) is 17.3. The first-order valence-electron chi connectivity index (χ1n) is 9.46. The molecular formula is C21H25NO4S. The van der Waals surface area contributed by atoms with E-state index in [4.69, 9.17) is 4.18 Å². The molecule has 27 heavy (non-hydrogen) atoms. The highest BCUT2D eigenvalue weighted by atomic mass is 32.2. The molecule has 144 valence electrons. The molecule has 5 nitrogen and oxygen atoms in total. The smallest absolute Gasteiger partial charge is 0.310 e. The molecule has 2 saturated carbocycles. The van der Waals surface area contributed by atoms with Crippen molar-refractivity contribution in [2.24, 2.45) is 16.7 Å². The number of pyridine rings is 1. The first-order chi connectivity index (χ1) is 12.6. The van der Waals surface area contributed by atoms with Crippen LogP contribution in [0.25, 0.3) is 10.9 Å². The number of fused-ring (bicyclic) bond motifs is 3. The molecule has 2 aliphatic rings. The number of ketones is 1. The lowest BCUT2D eigenvalue weighted by Crippen LogP contribution is -2.51. The lowest BCUT2D eigenvalue weighted by Gasteiger charge is -2.46. The molecule has 2 aromatic rings. The standard InChI is InChI=1S/C21H25NO4S/c1-14-7-8-15-5-4-6-17(19(15)22-14)26-27(24,25)13-21-12-11-16(20(21,2)3)9-10-18(21)23/h4-8,16H,9-13H2,1-3H3. The van der Waals surface area contributed by atoms with Crippen LogP contribution in [0, 0.1) is 23.7 Å². The van der Waals surface area contributed by atoms with Crippen LogP contribution in [0.2, 0.25) is 0 Å². The Balaban J connectivity index is 1.69. The number of hydrogen-bond donors (Lipinski definition) is 0. The second-order valence-corrected chi connectivity index (χ2v) is 10.1. The molecule has 0 radical (unpaired) electrons. The molecule has 2 atom stereocenters. The van der Waals surface area contributed by atoms with Crippen molar-refractivity contribution in [3.8, 4) is 5.75 Å². The largest absolute Gasteiger partial charge is 0.380 e. The van der Waals surface area contributed by atoms with Gasteiger partial charge in [-0.1, -0.05) is 32.0 Å². The number of nitrogens with zero attached hydrogens (tertiary/aromatic N) is 1. The average molecular weight is 388 g/mol. The Hall–Kier alpha value is -1.95. The number of carbonyl (C=O) groups excluding carboxylic acids is 1. The van der Waals surface area contributed by atoms with Gasteiger partial charge in [-0.25, -0.2) is 4.98 Å². The second-order valence-electron chi connectivity index (χ2n) is 8.57. The van der Waals surface area contributed by atoms with Gasteiger partial charge < -0.3 is 4.18 Å². The molecule has 1 heterocycles. The molecule has 2 fully saturated rings. The van der Waals surface area contributed by atoms with E-state index in [9.17, 15) is 13.2 Å². The fourth-order valence-electron chi connectivity index (χ4n) is 5.13. The Kier molecular flexibility index (Phi) is 4.11. The van der Waals surface area contributed by atoms with Crippen molar-refractivity contribution in [1.82, 2.24) is 4.98 Å². The third-order valence-corrected chi connectivity index (χ3v) is 8.17. The molecule has 1 aromatic carbocycles. The molecule has 1 aromatic heterocycles. The molecule has 6 heteroatoms. The first-order valence-corrected chi connectivity index (χ1v) is 11.0. The molecule has 2 aliphatic carbocycles. The van der Waals surface area contributed by atoms with Crippen LogP contribution in [0.1, 0.15) is 45.2 Å². The van der Waals surface area contributed by atoms with E-state index < -0.39 is 15.5 Å². The monoisotopic (exact) mass is 387 g/mol. The highest BCUT2D eigenvalue weighted by Crippen LogP contribution is 2.62. The van der Waals surface area contributed by atoms with E-state index in [2.05, 4.69) is 4.98 Å². The number of aromatic nitrogens is 1. The van der Waals surface area contributed by atoms with Crippen molar-refractivity contribution in [3.05, 3.63) is 36.0 Å². The summed E-state index contributed by atoms with van der Waals surface area (Å²) in [6.07, 6.45) is 2.86. The van der Waals surface area contributed by atoms with Crippen LogP contribution in [0.3, 0.4) is 0 Å². The van der Waals surface area contributed by atoms with E-state index in [1.54, 1.807) is 12.1 Å². The molecule has 0 spiro atoms. The first kappa shape index (κ1) is 18.4. The number of benzene rings is 1. The van der Waals surface area contributed by atoms with Gasteiger partial charge in [0.05, 0.1) is 11.2 Å². The molecule has 0 saturated heterocycles. The summed E-state index contributed by atoms with van der Waals surface area (Å²) >= 11 is 0. The lowest BCUT2D eigenvalue weighted by molar-refractivity contribution is -0.137. The summed E-state index contributed by atoms with van der Waals surface area (Å²) in [7, 11) is -3.95. The van der Waals surface area contributed by atoms with Gasteiger partial charge in [-0.3, -0.25) is 4.79 Å². The Bertz CT molecular complexity index is 1030. The SMILES string of the molecule is Cc1ccc2cccc(OS(=O)(=O)CC34CCC(CCC3=O)C4(C)C)c2n1. The zero-order valence-electron chi connectivity index (χ0n) is 16.0. The van der Waals surface area contributed by atoms with Crippen LogP contribution >= 0.6 is 0 Å². The maximum atomic E-state index is 13.0. The fourth-order valence-corrected chi connectivity index (χ4v) is 6.88. The molecule has 0 N–H and O–H groups in total. The van der Waals surface area contributed by atoms with Crippen LogP contribution < -0.4 is 4.18 Å². The Morgan fingerprint density at radius 3 is 2.74 bits per heavy atom. The minimum absolute atomic E-state index is 0.0697. The Morgan fingerprint density at radius 2 is 1.96 bits per heavy atom. The number of carbonyl (C=O) groups is 1. The quantitative estimate of drug-likeness (QED) is 0.741. The summed E-state index contributed by atoms with van der Waals surface area (Å²) < 4.78 is 31.5.